The molecule has 51 heavy (non-hydrogen) atoms. The van der Waals surface area contributed by atoms with Crippen molar-refractivity contribution in [1.82, 2.24) is 15.5 Å². The minimum Gasteiger partial charge on any atom is -0.493 e. The molecule has 4 aliphatic carbocycles. The first kappa shape index (κ1) is 34.5. The molecule has 4 saturated carbocycles. The molecule has 9 nitrogen and oxygen atoms in total. The first-order valence-electron chi connectivity index (χ1n) is 18.9. The summed E-state index contributed by atoms with van der Waals surface area (Å²) in [6, 6.07) is 20.5. The van der Waals surface area contributed by atoms with Gasteiger partial charge in [0.1, 0.15) is 0 Å². The van der Waals surface area contributed by atoms with Gasteiger partial charge in [0.15, 0.2) is 17.8 Å². The maximum atomic E-state index is 13.1. The number of rotatable bonds is 10. The summed E-state index contributed by atoms with van der Waals surface area (Å²) >= 11 is 0. The molecule has 3 aromatic rings. The summed E-state index contributed by atoms with van der Waals surface area (Å²) in [6.45, 7) is 5.18. The number of fused-ring (bicyclic) bond motifs is 1. The Labute approximate surface area is 302 Å². The van der Waals surface area contributed by atoms with Gasteiger partial charge in [-0.3, -0.25) is 4.90 Å². The third kappa shape index (κ3) is 7.23. The molecule has 4 atom stereocenters. The molecule has 2 aliphatic heterocycles. The second-order valence-electron chi connectivity index (χ2n) is 16.0. The van der Waals surface area contributed by atoms with E-state index in [1.165, 1.54) is 30.4 Å². The third-order valence-electron chi connectivity index (χ3n) is 12.5. The summed E-state index contributed by atoms with van der Waals surface area (Å²) in [7, 11) is 3.36. The number of amides is 2. The number of hydrogen-bond donors (Lipinski definition) is 3. The lowest BCUT2D eigenvalue weighted by Crippen LogP contribution is -2.61. The van der Waals surface area contributed by atoms with E-state index in [2.05, 4.69) is 71.0 Å². The van der Waals surface area contributed by atoms with E-state index >= 15 is 0 Å². The second kappa shape index (κ2) is 14.4. The van der Waals surface area contributed by atoms with Crippen molar-refractivity contribution in [3.05, 3.63) is 94.0 Å². The minimum atomic E-state index is -0.545. The van der Waals surface area contributed by atoms with Crippen molar-refractivity contribution in [2.75, 3.05) is 27.3 Å². The van der Waals surface area contributed by atoms with Crippen LogP contribution in [0.1, 0.15) is 91.2 Å². The van der Waals surface area contributed by atoms with E-state index in [1.54, 1.807) is 14.2 Å². The largest absolute Gasteiger partial charge is 0.493 e. The highest BCUT2D eigenvalue weighted by atomic mass is 16.7. The van der Waals surface area contributed by atoms with Gasteiger partial charge in [-0.25, -0.2) is 4.79 Å². The van der Waals surface area contributed by atoms with Crippen LogP contribution in [0.2, 0.25) is 0 Å². The minimum absolute atomic E-state index is 0.00101. The van der Waals surface area contributed by atoms with E-state index in [9.17, 15) is 9.90 Å². The molecule has 6 aliphatic rings. The average Bonchev–Trinajstić information content (AvgIpc) is 3.13. The van der Waals surface area contributed by atoms with Crippen molar-refractivity contribution in [1.29, 1.82) is 0 Å². The van der Waals surface area contributed by atoms with Crippen LogP contribution in [0.4, 0.5) is 4.79 Å². The predicted molar refractivity (Wildman–Crippen MR) is 194 cm³/mol. The molecule has 9 rings (SSSR count). The number of aliphatic hydroxyl groups is 1. The van der Waals surface area contributed by atoms with Gasteiger partial charge < -0.3 is 34.7 Å². The highest BCUT2D eigenvalue weighted by molar-refractivity contribution is 5.75. The Morgan fingerprint density at radius 2 is 1.47 bits per heavy atom. The molecule has 2 amide bonds. The summed E-state index contributed by atoms with van der Waals surface area (Å²) in [5, 5.41) is 16.2. The molecule has 4 bridgehead atoms. The lowest BCUT2D eigenvalue weighted by molar-refractivity contribution is -0.276. The molecule has 3 aromatic carbocycles. The van der Waals surface area contributed by atoms with Gasteiger partial charge in [0.05, 0.1) is 33.0 Å². The van der Waals surface area contributed by atoms with Crippen molar-refractivity contribution >= 4 is 6.03 Å². The number of aliphatic hydroxyl groups excluding tert-OH is 1. The molecule has 3 N–H and O–H groups in total. The van der Waals surface area contributed by atoms with E-state index in [1.807, 2.05) is 12.1 Å². The van der Waals surface area contributed by atoms with Crippen molar-refractivity contribution in [2.24, 2.45) is 23.7 Å². The zero-order valence-electron chi connectivity index (χ0n) is 30.2. The molecular weight excluding hydrogens is 642 g/mol. The van der Waals surface area contributed by atoms with Crippen LogP contribution in [0.25, 0.3) is 0 Å². The van der Waals surface area contributed by atoms with Crippen LogP contribution < -0.4 is 20.1 Å². The van der Waals surface area contributed by atoms with Crippen LogP contribution in [-0.2, 0) is 35.6 Å². The number of urea groups is 1. The topological polar surface area (TPSA) is 102 Å². The summed E-state index contributed by atoms with van der Waals surface area (Å²) in [6.07, 6.45) is 7.63. The molecule has 0 spiro atoms. The normalized spacial score (nSPS) is 31.2. The lowest BCUT2D eigenvalue weighted by Gasteiger charge is -2.56. The molecule has 9 heteroatoms. The molecule has 5 fully saturated rings. The molecule has 272 valence electrons. The SMILES string of the molecule is COc1cc2c(cc1OC)CN(CC1OC(c3ccc(CNC(=O)NC45CC6CC(CC(C6)C4)C5)cc3)OC(c3ccc(CO)cc3)C1C)CC2. The van der Waals surface area contributed by atoms with Crippen molar-refractivity contribution in [3.63, 3.8) is 0 Å². The molecule has 4 unspecified atom stereocenters. The summed E-state index contributed by atoms with van der Waals surface area (Å²) < 4.78 is 24.7. The van der Waals surface area contributed by atoms with Crippen molar-refractivity contribution in [3.8, 4) is 11.5 Å². The number of carbonyl (C=O) groups excluding carboxylic acids is 1. The second-order valence-corrected chi connectivity index (χ2v) is 16.0. The Morgan fingerprint density at radius 1 is 0.863 bits per heavy atom. The summed E-state index contributed by atoms with van der Waals surface area (Å²) in [5.74, 6) is 3.99. The summed E-state index contributed by atoms with van der Waals surface area (Å²) in [4.78, 5) is 15.6. The van der Waals surface area contributed by atoms with Crippen LogP contribution in [0.3, 0.4) is 0 Å². The number of hydrogen-bond acceptors (Lipinski definition) is 7. The molecule has 2 heterocycles. The van der Waals surface area contributed by atoms with Crippen LogP contribution in [-0.4, -0.2) is 55.0 Å². The summed E-state index contributed by atoms with van der Waals surface area (Å²) in [5.41, 5.74) is 6.48. The Kier molecular flexibility index (Phi) is 9.74. The van der Waals surface area contributed by atoms with Gasteiger partial charge in [-0.05, 0) is 103 Å². The third-order valence-corrected chi connectivity index (χ3v) is 12.5. The van der Waals surface area contributed by atoms with Gasteiger partial charge in [-0.1, -0.05) is 55.5 Å². The van der Waals surface area contributed by atoms with E-state index in [0.717, 1.165) is 96.8 Å². The smallest absolute Gasteiger partial charge is 0.315 e. The van der Waals surface area contributed by atoms with Gasteiger partial charge in [-0.15, -0.1) is 0 Å². The van der Waals surface area contributed by atoms with Gasteiger partial charge in [0.25, 0.3) is 0 Å². The van der Waals surface area contributed by atoms with E-state index in [4.69, 9.17) is 18.9 Å². The van der Waals surface area contributed by atoms with Crippen LogP contribution in [0.5, 0.6) is 11.5 Å². The fraction of sp³-hybridized carbons (Fsp3) is 0.548. The Morgan fingerprint density at radius 3 is 2.10 bits per heavy atom. The van der Waals surface area contributed by atoms with E-state index in [0.29, 0.717) is 6.54 Å². The Hall–Kier alpha value is -3.63. The highest BCUT2D eigenvalue weighted by Gasteiger charge is 2.51. The van der Waals surface area contributed by atoms with Gasteiger partial charge in [-0.2, -0.15) is 0 Å². The molecule has 1 saturated heterocycles. The van der Waals surface area contributed by atoms with Crippen molar-refractivity contribution < 1.29 is 28.8 Å². The highest BCUT2D eigenvalue weighted by Crippen LogP contribution is 2.55. The molecule has 0 aromatic heterocycles. The van der Waals surface area contributed by atoms with Gasteiger partial charge >= 0.3 is 6.03 Å². The maximum Gasteiger partial charge on any atom is 0.315 e. The predicted octanol–water partition coefficient (Wildman–Crippen LogP) is 6.81. The number of carbonyl (C=O) groups is 1. The first-order chi connectivity index (χ1) is 24.8. The fourth-order valence-corrected chi connectivity index (χ4v) is 10.2. The number of nitrogens with one attached hydrogen (secondary N) is 2. The molecule has 0 radical (unpaired) electrons. The number of ether oxygens (including phenoxy) is 4. The Bertz CT molecular complexity index is 1660. The fourth-order valence-electron chi connectivity index (χ4n) is 10.2. The number of nitrogens with zero attached hydrogens (tertiary/aromatic N) is 1. The number of benzene rings is 3. The zero-order chi connectivity index (χ0) is 35.1. The first-order valence-corrected chi connectivity index (χ1v) is 18.9. The van der Waals surface area contributed by atoms with Crippen molar-refractivity contribution in [2.45, 2.75) is 95.6 Å². The average molecular weight is 696 g/mol. The van der Waals surface area contributed by atoms with Gasteiger partial charge in [0, 0.05) is 43.2 Å². The molecular formula is C42H53N3O6. The zero-order valence-corrected chi connectivity index (χ0v) is 30.2. The monoisotopic (exact) mass is 695 g/mol. The maximum absolute atomic E-state index is 13.1. The van der Waals surface area contributed by atoms with Crippen LogP contribution in [0.15, 0.2) is 60.7 Å². The number of methoxy groups -OCH3 is 2. The van der Waals surface area contributed by atoms with Gasteiger partial charge in [0.2, 0.25) is 0 Å². The van der Waals surface area contributed by atoms with E-state index < -0.39 is 6.29 Å². The lowest BCUT2D eigenvalue weighted by atomic mass is 9.53. The Balaban J connectivity index is 0.944. The van der Waals surface area contributed by atoms with Crippen LogP contribution in [0, 0.1) is 23.7 Å². The van der Waals surface area contributed by atoms with E-state index in [-0.39, 0.29) is 36.3 Å². The standard InChI is InChI=1S/C42H53N3O6/c1-26-38(24-45-13-12-34-17-36(48-2)37(49-3)18-35(34)23-45)50-40(51-39(26)32-8-6-28(25-46)7-9-32)33-10-4-27(5-11-33)22-43-41(47)44-42-19-29-14-30(20-42)16-31(15-29)21-42/h4-11,17-18,26,29-31,38-40,46H,12-16,19-25H2,1-3H3,(H2,43,44,47). The van der Waals surface area contributed by atoms with Crippen LogP contribution >= 0.6 is 0 Å². The quantitative estimate of drug-likeness (QED) is 0.214.